The van der Waals surface area contributed by atoms with Crippen molar-refractivity contribution in [2.45, 2.75) is 0 Å². The van der Waals surface area contributed by atoms with E-state index >= 15 is 0 Å². The Morgan fingerprint density at radius 2 is 1.67 bits per heavy atom. The quantitative estimate of drug-likeness (QED) is 0.733. The number of hydrogen-bond donors (Lipinski definition) is 0. The molecule has 0 atom stereocenters. The van der Waals surface area contributed by atoms with Crippen molar-refractivity contribution in [2.75, 3.05) is 7.11 Å². The topological polar surface area (TPSA) is 31.2 Å². The molecule has 0 aliphatic heterocycles. The van der Waals surface area contributed by atoms with Gasteiger partial charge in [0.05, 0.1) is 7.11 Å². The molecule has 0 saturated carbocycles. The van der Waals surface area contributed by atoms with E-state index in [0.717, 1.165) is 22.6 Å². The van der Waals surface area contributed by atoms with Gasteiger partial charge < -0.3 is 4.74 Å². The number of methoxy groups -OCH3 is 1. The van der Waals surface area contributed by atoms with Crippen LogP contribution in [-0.4, -0.2) is 11.7 Å². The minimum Gasteiger partial charge on any atom is -0.497 e. The summed E-state index contributed by atoms with van der Waals surface area (Å²) in [7, 11) is 1.64. The van der Waals surface area contributed by atoms with E-state index in [1.54, 1.807) is 17.7 Å². The summed E-state index contributed by atoms with van der Waals surface area (Å²) in [4.78, 5) is 12.1. The standard InChI is InChI=1S/C18H15NO2/c1-21-17-9-5-6-14(12-17)15-10-11-18(20)19(13-15)16-7-3-2-4-8-16/h2-13H,1H3. The van der Waals surface area contributed by atoms with Crippen molar-refractivity contribution >= 4 is 0 Å². The van der Waals surface area contributed by atoms with Gasteiger partial charge in [0, 0.05) is 18.0 Å². The molecule has 0 spiro atoms. The van der Waals surface area contributed by atoms with Crippen LogP contribution in [0.15, 0.2) is 77.7 Å². The predicted octanol–water partition coefficient (Wildman–Crippen LogP) is 3.51. The molecule has 0 aliphatic carbocycles. The highest BCUT2D eigenvalue weighted by atomic mass is 16.5. The molecule has 0 N–H and O–H groups in total. The number of hydrogen-bond acceptors (Lipinski definition) is 2. The van der Waals surface area contributed by atoms with Crippen molar-refractivity contribution in [3.63, 3.8) is 0 Å². The SMILES string of the molecule is COc1cccc(-c2ccc(=O)n(-c3ccccc3)c2)c1. The number of pyridine rings is 1. The summed E-state index contributed by atoms with van der Waals surface area (Å²) in [6, 6.07) is 20.8. The van der Waals surface area contributed by atoms with Crippen molar-refractivity contribution in [2.24, 2.45) is 0 Å². The zero-order valence-corrected chi connectivity index (χ0v) is 11.7. The van der Waals surface area contributed by atoms with Gasteiger partial charge in [0.2, 0.25) is 0 Å². The number of rotatable bonds is 3. The highest BCUT2D eigenvalue weighted by molar-refractivity contribution is 5.64. The molecule has 1 aromatic heterocycles. The molecule has 3 aromatic rings. The van der Waals surface area contributed by atoms with Gasteiger partial charge >= 0.3 is 0 Å². The second-order valence-electron chi connectivity index (χ2n) is 4.69. The first-order chi connectivity index (χ1) is 10.3. The van der Waals surface area contributed by atoms with Crippen LogP contribution in [0.4, 0.5) is 0 Å². The smallest absolute Gasteiger partial charge is 0.255 e. The first kappa shape index (κ1) is 13.2. The van der Waals surface area contributed by atoms with Gasteiger partial charge in [-0.05, 0) is 41.5 Å². The highest BCUT2D eigenvalue weighted by Gasteiger charge is 2.04. The van der Waals surface area contributed by atoms with E-state index in [2.05, 4.69) is 0 Å². The summed E-state index contributed by atoms with van der Waals surface area (Å²) in [6.45, 7) is 0. The Morgan fingerprint density at radius 3 is 2.43 bits per heavy atom. The molecule has 2 aromatic carbocycles. The van der Waals surface area contributed by atoms with Gasteiger partial charge in [0.15, 0.2) is 0 Å². The Morgan fingerprint density at radius 1 is 0.857 bits per heavy atom. The minimum atomic E-state index is -0.0483. The fraction of sp³-hybridized carbons (Fsp3) is 0.0556. The maximum Gasteiger partial charge on any atom is 0.255 e. The lowest BCUT2D eigenvalue weighted by molar-refractivity contribution is 0.415. The van der Waals surface area contributed by atoms with Crippen LogP contribution < -0.4 is 10.3 Å². The maximum absolute atomic E-state index is 12.1. The van der Waals surface area contributed by atoms with Gasteiger partial charge in [0.25, 0.3) is 5.56 Å². The van der Waals surface area contributed by atoms with Crippen LogP contribution >= 0.6 is 0 Å². The van der Waals surface area contributed by atoms with Gasteiger partial charge in [-0.15, -0.1) is 0 Å². The van der Waals surface area contributed by atoms with Gasteiger partial charge in [-0.1, -0.05) is 30.3 Å². The number of para-hydroxylation sites is 1. The molecule has 104 valence electrons. The third-order valence-corrected chi connectivity index (χ3v) is 3.35. The summed E-state index contributed by atoms with van der Waals surface area (Å²) >= 11 is 0. The fourth-order valence-corrected chi connectivity index (χ4v) is 2.25. The van der Waals surface area contributed by atoms with Crippen molar-refractivity contribution in [1.82, 2.24) is 4.57 Å². The summed E-state index contributed by atoms with van der Waals surface area (Å²) in [5.74, 6) is 0.796. The molecule has 0 saturated heterocycles. The van der Waals surface area contributed by atoms with E-state index in [0.29, 0.717) is 0 Å². The van der Waals surface area contributed by atoms with Gasteiger partial charge in [0.1, 0.15) is 5.75 Å². The lowest BCUT2D eigenvalue weighted by Crippen LogP contribution is -2.16. The molecule has 0 fully saturated rings. The molecule has 21 heavy (non-hydrogen) atoms. The molecule has 0 radical (unpaired) electrons. The van der Waals surface area contributed by atoms with E-state index in [4.69, 9.17) is 4.74 Å². The Balaban J connectivity index is 2.11. The van der Waals surface area contributed by atoms with Gasteiger partial charge in [-0.2, -0.15) is 0 Å². The number of benzene rings is 2. The van der Waals surface area contributed by atoms with E-state index in [9.17, 15) is 4.79 Å². The third-order valence-electron chi connectivity index (χ3n) is 3.35. The lowest BCUT2D eigenvalue weighted by Gasteiger charge is -2.09. The average molecular weight is 277 g/mol. The largest absolute Gasteiger partial charge is 0.497 e. The first-order valence-electron chi connectivity index (χ1n) is 6.70. The van der Waals surface area contributed by atoms with E-state index < -0.39 is 0 Å². The highest BCUT2D eigenvalue weighted by Crippen LogP contribution is 2.23. The number of ether oxygens (including phenoxy) is 1. The number of nitrogens with zero attached hydrogens (tertiary/aromatic N) is 1. The van der Waals surface area contributed by atoms with Crippen molar-refractivity contribution in [3.8, 4) is 22.6 Å². The molecular formula is C18H15NO2. The second kappa shape index (κ2) is 5.67. The molecule has 3 nitrogen and oxygen atoms in total. The van der Waals surface area contributed by atoms with E-state index in [1.165, 1.54) is 0 Å². The van der Waals surface area contributed by atoms with Crippen LogP contribution in [0.3, 0.4) is 0 Å². The van der Waals surface area contributed by atoms with Crippen molar-refractivity contribution in [3.05, 3.63) is 83.3 Å². The van der Waals surface area contributed by atoms with Crippen molar-refractivity contribution < 1.29 is 4.74 Å². The van der Waals surface area contributed by atoms with E-state index in [1.807, 2.05) is 66.9 Å². The molecule has 1 heterocycles. The normalized spacial score (nSPS) is 10.3. The molecule has 0 unspecified atom stereocenters. The maximum atomic E-state index is 12.1. The van der Waals surface area contributed by atoms with Crippen LogP contribution in [-0.2, 0) is 0 Å². The predicted molar refractivity (Wildman–Crippen MR) is 84.0 cm³/mol. The van der Waals surface area contributed by atoms with Gasteiger partial charge in [-0.25, -0.2) is 0 Å². The summed E-state index contributed by atoms with van der Waals surface area (Å²) in [6.07, 6.45) is 1.85. The van der Waals surface area contributed by atoms with Crippen LogP contribution in [0.25, 0.3) is 16.8 Å². The van der Waals surface area contributed by atoms with Gasteiger partial charge in [-0.3, -0.25) is 9.36 Å². The zero-order chi connectivity index (χ0) is 14.7. The molecule has 0 amide bonds. The Bertz CT molecular complexity index is 807. The van der Waals surface area contributed by atoms with Crippen LogP contribution in [0.2, 0.25) is 0 Å². The van der Waals surface area contributed by atoms with Crippen LogP contribution in [0, 0.1) is 0 Å². The summed E-state index contributed by atoms with van der Waals surface area (Å²) in [5, 5.41) is 0. The number of aromatic nitrogens is 1. The van der Waals surface area contributed by atoms with Crippen molar-refractivity contribution in [1.29, 1.82) is 0 Å². The Labute approximate surface area is 123 Å². The Kier molecular flexibility index (Phi) is 3.56. The van der Waals surface area contributed by atoms with Crippen LogP contribution in [0.1, 0.15) is 0 Å². The summed E-state index contributed by atoms with van der Waals surface area (Å²) in [5.41, 5.74) is 2.79. The monoisotopic (exact) mass is 277 g/mol. The summed E-state index contributed by atoms with van der Waals surface area (Å²) < 4.78 is 6.89. The first-order valence-corrected chi connectivity index (χ1v) is 6.70. The minimum absolute atomic E-state index is 0.0483. The molecular weight excluding hydrogens is 262 g/mol. The second-order valence-corrected chi connectivity index (χ2v) is 4.69. The zero-order valence-electron chi connectivity index (χ0n) is 11.7. The lowest BCUT2D eigenvalue weighted by atomic mass is 10.1. The molecule has 3 heteroatoms. The molecule has 0 aliphatic rings. The molecule has 0 bridgehead atoms. The third kappa shape index (κ3) is 2.72. The van der Waals surface area contributed by atoms with E-state index in [-0.39, 0.29) is 5.56 Å². The fourth-order valence-electron chi connectivity index (χ4n) is 2.25. The average Bonchev–Trinajstić information content (AvgIpc) is 2.56. The van der Waals surface area contributed by atoms with Crippen LogP contribution in [0.5, 0.6) is 5.75 Å². The Hall–Kier alpha value is -2.81. The molecule has 3 rings (SSSR count).